The Labute approximate surface area is 348 Å². The van der Waals surface area contributed by atoms with E-state index in [-0.39, 0.29) is 39.9 Å². The van der Waals surface area contributed by atoms with Gasteiger partial charge in [0.15, 0.2) is 10.9 Å². The average Bonchev–Trinajstić information content (AvgIpc) is 3.35. The molecule has 3 aromatic rings. The maximum absolute atomic E-state index is 13.8. The van der Waals surface area contributed by atoms with Crippen LogP contribution in [0.25, 0.3) is 0 Å². The molecule has 0 spiro atoms. The van der Waals surface area contributed by atoms with Crippen LogP contribution in [0.1, 0.15) is 75.3 Å². The SMILES string of the molecule is CCc1cc(N2C(=S)N(c3ccc(C#N)c(C(F)(F)F)c3)C(=O)C2(C)C)ccc1OCCN1CCN(CC(=O)Cc2cccc(CC3CCC(=O)NC3=O)c2)C(C)(C)C1. The van der Waals surface area contributed by atoms with Gasteiger partial charge in [0, 0.05) is 56.2 Å². The lowest BCUT2D eigenvalue weighted by molar-refractivity contribution is -0.138. The fraction of sp³-hybridized carbons (Fsp3) is 0.455. The van der Waals surface area contributed by atoms with Gasteiger partial charge in [-0.1, -0.05) is 31.2 Å². The van der Waals surface area contributed by atoms with Crippen LogP contribution in [0.5, 0.6) is 5.75 Å². The molecule has 1 N–H and O–H groups in total. The minimum Gasteiger partial charge on any atom is -0.492 e. The summed E-state index contributed by atoms with van der Waals surface area (Å²) in [5.74, 6) is -0.436. The number of benzene rings is 3. The van der Waals surface area contributed by atoms with Crippen molar-refractivity contribution in [2.24, 2.45) is 5.92 Å². The molecule has 3 aromatic carbocycles. The molecular weight excluding hydrogens is 782 g/mol. The summed E-state index contributed by atoms with van der Waals surface area (Å²) in [6, 6.07) is 18.0. The predicted octanol–water partition coefficient (Wildman–Crippen LogP) is 6.24. The Bertz CT molecular complexity index is 2200. The molecule has 0 aromatic heterocycles. The van der Waals surface area contributed by atoms with Crippen molar-refractivity contribution in [2.45, 2.75) is 84.0 Å². The molecule has 3 heterocycles. The number of imide groups is 1. The van der Waals surface area contributed by atoms with Crippen molar-refractivity contribution in [3.63, 3.8) is 0 Å². The zero-order valence-corrected chi connectivity index (χ0v) is 34.8. The zero-order valence-electron chi connectivity index (χ0n) is 33.9. The quantitative estimate of drug-likeness (QED) is 0.156. The van der Waals surface area contributed by atoms with Gasteiger partial charge in [0.05, 0.1) is 29.4 Å². The van der Waals surface area contributed by atoms with Gasteiger partial charge in [-0.25, -0.2) is 0 Å². The van der Waals surface area contributed by atoms with Gasteiger partial charge >= 0.3 is 6.18 Å². The Kier molecular flexibility index (Phi) is 12.7. The van der Waals surface area contributed by atoms with Gasteiger partial charge < -0.3 is 9.64 Å². The number of nitrogens with zero attached hydrogens (tertiary/aromatic N) is 5. The minimum atomic E-state index is -4.79. The van der Waals surface area contributed by atoms with Gasteiger partial charge in [-0.05, 0) is 112 Å². The third-order valence-corrected chi connectivity index (χ3v) is 11.8. The normalized spacial score (nSPS) is 19.8. The number of aryl methyl sites for hydroxylation is 1. The van der Waals surface area contributed by atoms with Crippen molar-refractivity contribution in [3.05, 3.63) is 88.5 Å². The number of alkyl halides is 3. The first-order valence-electron chi connectivity index (χ1n) is 19.8. The van der Waals surface area contributed by atoms with Crippen molar-refractivity contribution in [3.8, 4) is 11.8 Å². The Morgan fingerprint density at radius 1 is 1.00 bits per heavy atom. The highest BCUT2D eigenvalue weighted by Crippen LogP contribution is 2.40. The molecule has 3 aliphatic heterocycles. The first-order chi connectivity index (χ1) is 27.8. The summed E-state index contributed by atoms with van der Waals surface area (Å²) in [4.78, 5) is 58.0. The van der Waals surface area contributed by atoms with Crippen molar-refractivity contribution in [1.82, 2.24) is 15.1 Å². The number of anilines is 2. The third-order valence-electron chi connectivity index (χ3n) is 11.5. The topological polar surface area (TPSA) is 126 Å². The molecule has 0 aliphatic carbocycles. The van der Waals surface area contributed by atoms with Crippen molar-refractivity contribution >= 4 is 52.2 Å². The van der Waals surface area contributed by atoms with Crippen LogP contribution in [-0.2, 0) is 44.6 Å². The Balaban J connectivity index is 1.03. The lowest BCUT2D eigenvalue weighted by Crippen LogP contribution is -2.60. The monoisotopic (exact) mass is 830 g/mol. The molecule has 6 rings (SSSR count). The van der Waals surface area contributed by atoms with Gasteiger partial charge in [0.25, 0.3) is 5.91 Å². The van der Waals surface area contributed by atoms with Crippen molar-refractivity contribution in [2.75, 3.05) is 49.1 Å². The molecule has 0 saturated carbocycles. The number of ether oxygens (including phenoxy) is 1. The van der Waals surface area contributed by atoms with Crippen LogP contribution in [0, 0.1) is 17.2 Å². The fourth-order valence-corrected chi connectivity index (χ4v) is 8.74. The number of nitrogens with one attached hydrogen (secondary N) is 1. The van der Waals surface area contributed by atoms with Gasteiger partial charge in [-0.15, -0.1) is 0 Å². The molecule has 3 aliphatic rings. The zero-order chi connectivity index (χ0) is 42.9. The summed E-state index contributed by atoms with van der Waals surface area (Å²) >= 11 is 5.73. The molecule has 3 saturated heterocycles. The second-order valence-electron chi connectivity index (χ2n) is 16.5. The smallest absolute Gasteiger partial charge is 0.417 e. The number of ketones is 1. The van der Waals surface area contributed by atoms with Crippen LogP contribution in [0.3, 0.4) is 0 Å². The number of amides is 3. The summed E-state index contributed by atoms with van der Waals surface area (Å²) in [6.45, 7) is 13.2. The lowest BCUT2D eigenvalue weighted by atomic mass is 9.90. The molecule has 3 amide bonds. The number of thiocarbonyl (C=S) groups is 1. The number of carbonyl (C=O) groups is 4. The van der Waals surface area contributed by atoms with Gasteiger partial charge in [-0.3, -0.25) is 39.2 Å². The summed E-state index contributed by atoms with van der Waals surface area (Å²) in [5, 5.41) is 11.7. The van der Waals surface area contributed by atoms with E-state index in [4.69, 9.17) is 17.0 Å². The maximum atomic E-state index is 13.8. The Hall–Kier alpha value is -5.17. The number of piperidine rings is 1. The first-order valence-corrected chi connectivity index (χ1v) is 20.2. The van der Waals surface area contributed by atoms with Gasteiger partial charge in [0.2, 0.25) is 11.8 Å². The second kappa shape index (κ2) is 17.2. The highest BCUT2D eigenvalue weighted by molar-refractivity contribution is 7.81. The number of carbonyl (C=O) groups excluding carboxylic acids is 4. The minimum absolute atomic E-state index is 0.0215. The van der Waals surface area contributed by atoms with E-state index in [9.17, 15) is 37.6 Å². The molecule has 3 fully saturated rings. The fourth-order valence-electron chi connectivity index (χ4n) is 8.22. The molecule has 15 heteroatoms. The van der Waals surface area contributed by atoms with E-state index in [1.165, 1.54) is 6.07 Å². The van der Waals surface area contributed by atoms with Crippen LogP contribution in [0.4, 0.5) is 24.5 Å². The number of hydrogen-bond acceptors (Lipinski definition) is 9. The lowest BCUT2D eigenvalue weighted by Gasteiger charge is -2.47. The molecule has 59 heavy (non-hydrogen) atoms. The highest BCUT2D eigenvalue weighted by atomic mass is 32.1. The first kappa shape index (κ1) is 43.4. The molecular formula is C44H49F3N6O5S. The molecule has 11 nitrogen and oxygen atoms in total. The van der Waals surface area contributed by atoms with E-state index in [0.717, 1.165) is 46.8 Å². The second-order valence-corrected chi connectivity index (χ2v) is 16.9. The standard InChI is InChI=1S/C44H49F3N6O5S/c1-6-30-23-34(53-41(59)52(40(57)43(53,4)5)33-12-10-32(25-48)36(24-33)44(45,46)47)13-14-37(30)58-19-18-50-16-17-51(42(2,3)27-50)26-35(54)22-29-9-7-8-28(20-29)21-31-11-15-38(55)49-39(31)56/h7-10,12-14,20,23-24,31H,6,11,15-19,21-22,26-27H2,1-5H3,(H,49,55,56). The average molecular weight is 831 g/mol. The summed E-state index contributed by atoms with van der Waals surface area (Å²) in [7, 11) is 0. The maximum Gasteiger partial charge on any atom is 0.417 e. The van der Waals surface area contributed by atoms with Crippen LogP contribution >= 0.6 is 12.2 Å². The molecule has 0 radical (unpaired) electrons. The van der Waals surface area contributed by atoms with Crippen LogP contribution in [0.2, 0.25) is 0 Å². The summed E-state index contributed by atoms with van der Waals surface area (Å²) in [6.07, 6.45) is -2.50. The van der Waals surface area contributed by atoms with E-state index in [2.05, 4.69) is 29.0 Å². The summed E-state index contributed by atoms with van der Waals surface area (Å²) in [5.41, 5.74) is 0.0982. The van der Waals surface area contributed by atoms with E-state index in [1.54, 1.807) is 30.9 Å². The molecule has 1 atom stereocenters. The number of piperazine rings is 1. The number of hydrogen-bond donors (Lipinski definition) is 1. The van der Waals surface area contributed by atoms with E-state index in [1.807, 2.05) is 43.3 Å². The third kappa shape index (κ3) is 9.51. The number of nitriles is 1. The van der Waals surface area contributed by atoms with Crippen LogP contribution < -0.4 is 19.9 Å². The van der Waals surface area contributed by atoms with Gasteiger partial charge in [0.1, 0.15) is 17.9 Å². The van der Waals surface area contributed by atoms with E-state index < -0.39 is 28.7 Å². The molecule has 1 unspecified atom stereocenters. The largest absolute Gasteiger partial charge is 0.492 e. The van der Waals surface area contributed by atoms with E-state index >= 15 is 0 Å². The van der Waals surface area contributed by atoms with Crippen molar-refractivity contribution in [1.29, 1.82) is 5.26 Å². The van der Waals surface area contributed by atoms with Crippen molar-refractivity contribution < 1.29 is 37.1 Å². The predicted molar refractivity (Wildman–Crippen MR) is 221 cm³/mol. The number of rotatable bonds is 13. The Morgan fingerprint density at radius 2 is 1.73 bits per heavy atom. The molecule has 312 valence electrons. The number of halogens is 3. The van der Waals surface area contributed by atoms with Crippen LogP contribution in [-0.4, -0.2) is 88.8 Å². The molecule has 0 bridgehead atoms. The Morgan fingerprint density at radius 3 is 2.41 bits per heavy atom. The van der Waals surface area contributed by atoms with Crippen LogP contribution in [0.15, 0.2) is 60.7 Å². The number of Topliss-reactive ketones (excluding diaryl/α,β-unsaturated/α-hetero) is 1. The highest BCUT2D eigenvalue weighted by Gasteiger charge is 2.51. The van der Waals surface area contributed by atoms with E-state index in [0.29, 0.717) is 69.8 Å². The summed E-state index contributed by atoms with van der Waals surface area (Å²) < 4.78 is 47.7. The van der Waals surface area contributed by atoms with Gasteiger partial charge in [-0.2, -0.15) is 18.4 Å².